The first-order chi connectivity index (χ1) is 6.86. The van der Waals surface area contributed by atoms with E-state index in [9.17, 15) is 17.6 Å². The van der Waals surface area contributed by atoms with E-state index in [0.717, 1.165) is 12.1 Å². The predicted molar refractivity (Wildman–Crippen MR) is 47.4 cm³/mol. The van der Waals surface area contributed by atoms with E-state index in [2.05, 4.69) is 11.3 Å². The molecule has 0 fully saturated rings. The zero-order valence-electron chi connectivity index (χ0n) is 7.86. The Morgan fingerprint density at radius 3 is 2.40 bits per heavy atom. The van der Waals surface area contributed by atoms with Gasteiger partial charge in [0.05, 0.1) is 12.7 Å². The van der Waals surface area contributed by atoms with Crippen molar-refractivity contribution in [1.29, 1.82) is 0 Å². The molecule has 1 nitrogen and oxygen atoms in total. The van der Waals surface area contributed by atoms with Crippen molar-refractivity contribution in [3.63, 3.8) is 0 Å². The fourth-order valence-electron chi connectivity index (χ4n) is 1.10. The lowest BCUT2D eigenvalue weighted by Crippen LogP contribution is -2.09. The summed E-state index contributed by atoms with van der Waals surface area (Å²) in [5, 5.41) is 0. The summed E-state index contributed by atoms with van der Waals surface area (Å²) in [4.78, 5) is 0. The van der Waals surface area contributed by atoms with Crippen LogP contribution in [-0.2, 0) is 10.9 Å². The summed E-state index contributed by atoms with van der Waals surface area (Å²) in [7, 11) is 1.20. The number of hydrogen-bond donors (Lipinski definition) is 0. The summed E-state index contributed by atoms with van der Waals surface area (Å²) in [5.41, 5.74) is -1.35. The highest BCUT2D eigenvalue weighted by atomic mass is 19.4. The molecule has 1 aromatic carbocycles. The molecule has 0 aliphatic carbocycles. The van der Waals surface area contributed by atoms with Crippen molar-refractivity contribution < 1.29 is 22.3 Å². The monoisotopic (exact) mass is 220 g/mol. The van der Waals surface area contributed by atoms with Crippen LogP contribution in [0.25, 0.3) is 5.76 Å². The van der Waals surface area contributed by atoms with Crippen LogP contribution < -0.4 is 0 Å². The molecule has 0 radical (unpaired) electrons. The second kappa shape index (κ2) is 3.92. The summed E-state index contributed by atoms with van der Waals surface area (Å²) >= 11 is 0. The van der Waals surface area contributed by atoms with Crippen LogP contribution in [0.3, 0.4) is 0 Å². The van der Waals surface area contributed by atoms with Gasteiger partial charge in [-0.2, -0.15) is 13.2 Å². The van der Waals surface area contributed by atoms with Crippen LogP contribution in [0.1, 0.15) is 11.1 Å². The minimum Gasteiger partial charge on any atom is -0.497 e. The van der Waals surface area contributed by atoms with Gasteiger partial charge in [0.2, 0.25) is 0 Å². The van der Waals surface area contributed by atoms with Crippen molar-refractivity contribution in [1.82, 2.24) is 0 Å². The molecule has 15 heavy (non-hydrogen) atoms. The molecule has 1 rings (SSSR count). The van der Waals surface area contributed by atoms with Gasteiger partial charge >= 0.3 is 6.18 Å². The van der Waals surface area contributed by atoms with Crippen LogP contribution in [0.15, 0.2) is 24.8 Å². The molecule has 0 atom stereocenters. The maximum atomic E-state index is 12.7. The van der Waals surface area contributed by atoms with Crippen molar-refractivity contribution in [2.75, 3.05) is 7.11 Å². The van der Waals surface area contributed by atoms with Gasteiger partial charge in [-0.15, -0.1) is 0 Å². The Morgan fingerprint density at radius 2 is 1.93 bits per heavy atom. The number of methoxy groups -OCH3 is 1. The van der Waals surface area contributed by atoms with Gasteiger partial charge in [-0.1, -0.05) is 6.58 Å². The average Bonchev–Trinajstić information content (AvgIpc) is 2.15. The van der Waals surface area contributed by atoms with E-state index >= 15 is 0 Å². The normalized spacial score (nSPS) is 11.3. The Morgan fingerprint density at radius 1 is 1.33 bits per heavy atom. The lowest BCUT2D eigenvalue weighted by atomic mass is 10.1. The molecule has 0 aliphatic heterocycles. The first-order valence-corrected chi connectivity index (χ1v) is 3.96. The second-order valence-corrected chi connectivity index (χ2v) is 2.81. The Balaban J connectivity index is 3.33. The van der Waals surface area contributed by atoms with Crippen molar-refractivity contribution >= 4 is 5.76 Å². The molecule has 0 bridgehead atoms. The zero-order chi connectivity index (χ0) is 11.6. The summed E-state index contributed by atoms with van der Waals surface area (Å²) < 4.78 is 54.7. The third-order valence-corrected chi connectivity index (χ3v) is 1.83. The average molecular weight is 220 g/mol. The standard InChI is InChI=1S/C10H8F4O/c1-6(15-2)8-4-3-7(11)5-9(8)10(12,13)14/h3-5H,1H2,2H3. The smallest absolute Gasteiger partial charge is 0.417 e. The van der Waals surface area contributed by atoms with Crippen molar-refractivity contribution in [2.45, 2.75) is 6.18 Å². The highest BCUT2D eigenvalue weighted by molar-refractivity contribution is 5.61. The molecule has 0 saturated carbocycles. The predicted octanol–water partition coefficient (Wildman–Crippen LogP) is 3.46. The maximum Gasteiger partial charge on any atom is 0.417 e. The van der Waals surface area contributed by atoms with E-state index in [1.807, 2.05) is 0 Å². The van der Waals surface area contributed by atoms with Gasteiger partial charge in [-0.05, 0) is 18.2 Å². The van der Waals surface area contributed by atoms with Crippen LogP contribution in [0.2, 0.25) is 0 Å². The summed E-state index contributed by atoms with van der Waals surface area (Å²) in [6.45, 7) is 3.30. The van der Waals surface area contributed by atoms with Crippen LogP contribution >= 0.6 is 0 Å². The largest absolute Gasteiger partial charge is 0.497 e. The number of rotatable bonds is 2. The van der Waals surface area contributed by atoms with Gasteiger partial charge < -0.3 is 4.74 Å². The number of alkyl halides is 3. The lowest BCUT2D eigenvalue weighted by Gasteiger charge is -2.13. The lowest BCUT2D eigenvalue weighted by molar-refractivity contribution is -0.138. The molecule has 0 amide bonds. The van der Waals surface area contributed by atoms with Crippen LogP contribution in [-0.4, -0.2) is 7.11 Å². The van der Waals surface area contributed by atoms with E-state index in [-0.39, 0.29) is 11.3 Å². The Labute approximate surface area is 84.0 Å². The molecule has 0 spiro atoms. The third kappa shape index (κ3) is 2.49. The van der Waals surface area contributed by atoms with E-state index in [1.54, 1.807) is 0 Å². The quantitative estimate of drug-likeness (QED) is 0.547. The van der Waals surface area contributed by atoms with Crippen molar-refractivity contribution in [3.05, 3.63) is 41.7 Å². The molecular formula is C10H8F4O. The molecule has 0 N–H and O–H groups in total. The molecule has 0 unspecified atom stereocenters. The molecule has 0 saturated heterocycles. The van der Waals surface area contributed by atoms with E-state index in [1.165, 1.54) is 7.11 Å². The highest BCUT2D eigenvalue weighted by Gasteiger charge is 2.34. The Hall–Kier alpha value is -1.52. The van der Waals surface area contributed by atoms with E-state index in [0.29, 0.717) is 6.07 Å². The molecule has 0 aromatic heterocycles. The van der Waals surface area contributed by atoms with Gasteiger partial charge in [0.25, 0.3) is 0 Å². The van der Waals surface area contributed by atoms with Crippen molar-refractivity contribution in [3.8, 4) is 0 Å². The maximum absolute atomic E-state index is 12.7. The van der Waals surface area contributed by atoms with Crippen LogP contribution in [0.4, 0.5) is 17.6 Å². The molecule has 0 aliphatic rings. The fraction of sp³-hybridized carbons (Fsp3) is 0.200. The Bertz CT molecular complexity index is 381. The first-order valence-electron chi connectivity index (χ1n) is 3.96. The van der Waals surface area contributed by atoms with Gasteiger partial charge in [-0.3, -0.25) is 0 Å². The molecule has 1 aromatic rings. The number of benzene rings is 1. The molecule has 5 heteroatoms. The Kier molecular flexibility index (Phi) is 3.02. The molecular weight excluding hydrogens is 212 g/mol. The molecule has 0 heterocycles. The zero-order valence-corrected chi connectivity index (χ0v) is 7.86. The van der Waals surface area contributed by atoms with Gasteiger partial charge in [0.15, 0.2) is 0 Å². The summed E-state index contributed by atoms with van der Waals surface area (Å²) in [5.74, 6) is -1.10. The van der Waals surface area contributed by atoms with E-state index < -0.39 is 17.6 Å². The van der Waals surface area contributed by atoms with E-state index in [4.69, 9.17) is 0 Å². The minimum atomic E-state index is -4.63. The first kappa shape index (κ1) is 11.6. The van der Waals surface area contributed by atoms with Crippen LogP contribution in [0, 0.1) is 5.82 Å². The minimum absolute atomic E-state index is 0.151. The topological polar surface area (TPSA) is 9.23 Å². The summed E-state index contributed by atoms with van der Waals surface area (Å²) in [6.07, 6.45) is -4.63. The summed E-state index contributed by atoms with van der Waals surface area (Å²) in [6, 6.07) is 2.33. The molecule has 82 valence electrons. The van der Waals surface area contributed by atoms with Crippen LogP contribution in [0.5, 0.6) is 0 Å². The van der Waals surface area contributed by atoms with Gasteiger partial charge in [0.1, 0.15) is 11.6 Å². The fourth-order valence-corrected chi connectivity index (χ4v) is 1.10. The SMILES string of the molecule is C=C(OC)c1ccc(F)cc1C(F)(F)F. The van der Waals surface area contributed by atoms with Gasteiger partial charge in [0, 0.05) is 5.56 Å². The highest BCUT2D eigenvalue weighted by Crippen LogP contribution is 2.35. The number of ether oxygens (including phenoxy) is 1. The second-order valence-electron chi connectivity index (χ2n) is 2.81. The number of hydrogen-bond acceptors (Lipinski definition) is 1. The third-order valence-electron chi connectivity index (χ3n) is 1.83. The van der Waals surface area contributed by atoms with Gasteiger partial charge in [-0.25, -0.2) is 4.39 Å². The van der Waals surface area contributed by atoms with Crippen molar-refractivity contribution in [2.24, 2.45) is 0 Å². The number of halogens is 4.